The van der Waals surface area contributed by atoms with Gasteiger partial charge in [0.1, 0.15) is 17.2 Å². The number of benzene rings is 1. The summed E-state index contributed by atoms with van der Waals surface area (Å²) in [6.07, 6.45) is 0. The van der Waals surface area contributed by atoms with Gasteiger partial charge < -0.3 is 24.8 Å². The summed E-state index contributed by atoms with van der Waals surface area (Å²) in [5.74, 6) is 0.593. The van der Waals surface area contributed by atoms with Crippen molar-refractivity contribution in [2.75, 3.05) is 21.3 Å². The standard InChI is InChI=1S/C15H18N2O5/c1-8-12(16-15(19)17-13(8)14(18)22-4)10-6-5-9(20-2)7-11(10)21-3/h5-7,12H,1-4H3,(H2,16,17,19)/t12-/m1/s1. The van der Waals surface area contributed by atoms with E-state index in [1.165, 1.54) is 14.2 Å². The van der Waals surface area contributed by atoms with Crippen molar-refractivity contribution in [3.8, 4) is 11.5 Å². The number of rotatable bonds is 4. The molecule has 1 aliphatic rings. The summed E-state index contributed by atoms with van der Waals surface area (Å²) in [6.45, 7) is 1.74. The molecule has 0 bridgehead atoms. The lowest BCUT2D eigenvalue weighted by molar-refractivity contribution is -0.136. The Morgan fingerprint density at radius 2 is 1.91 bits per heavy atom. The number of esters is 1. The van der Waals surface area contributed by atoms with Crippen molar-refractivity contribution in [1.82, 2.24) is 10.6 Å². The van der Waals surface area contributed by atoms with Gasteiger partial charge in [0, 0.05) is 11.6 Å². The first-order valence-electron chi connectivity index (χ1n) is 6.60. The minimum atomic E-state index is -0.593. The summed E-state index contributed by atoms with van der Waals surface area (Å²) in [5.41, 5.74) is 1.49. The van der Waals surface area contributed by atoms with Crippen LogP contribution in [0.2, 0.25) is 0 Å². The Labute approximate surface area is 128 Å². The van der Waals surface area contributed by atoms with E-state index >= 15 is 0 Å². The van der Waals surface area contributed by atoms with Gasteiger partial charge in [-0.3, -0.25) is 0 Å². The zero-order valence-electron chi connectivity index (χ0n) is 12.9. The van der Waals surface area contributed by atoms with Crippen molar-refractivity contribution in [2.24, 2.45) is 0 Å². The minimum Gasteiger partial charge on any atom is -0.497 e. The molecule has 0 saturated carbocycles. The van der Waals surface area contributed by atoms with E-state index < -0.39 is 18.0 Å². The van der Waals surface area contributed by atoms with Crippen LogP contribution in [0.1, 0.15) is 18.5 Å². The number of amides is 2. The molecule has 118 valence electrons. The number of carbonyl (C=O) groups excluding carboxylic acids is 2. The number of nitrogens with one attached hydrogen (secondary N) is 2. The van der Waals surface area contributed by atoms with Crippen LogP contribution in [0, 0.1) is 0 Å². The third kappa shape index (κ3) is 2.83. The van der Waals surface area contributed by atoms with Crippen LogP contribution >= 0.6 is 0 Å². The zero-order valence-corrected chi connectivity index (χ0v) is 12.9. The SMILES string of the molecule is COC(=O)C1=C(C)[C@H](c2ccc(OC)cc2OC)NC(=O)N1. The molecule has 7 nitrogen and oxygen atoms in total. The molecule has 1 aromatic rings. The van der Waals surface area contributed by atoms with E-state index in [9.17, 15) is 9.59 Å². The molecule has 1 aliphatic heterocycles. The summed E-state index contributed by atoms with van der Waals surface area (Å²) in [6, 6.07) is 4.29. The van der Waals surface area contributed by atoms with Crippen LogP contribution in [0.5, 0.6) is 11.5 Å². The monoisotopic (exact) mass is 306 g/mol. The lowest BCUT2D eigenvalue weighted by Crippen LogP contribution is -2.45. The van der Waals surface area contributed by atoms with Gasteiger partial charge in [0.2, 0.25) is 0 Å². The maximum absolute atomic E-state index is 11.8. The van der Waals surface area contributed by atoms with Gasteiger partial charge in [0.05, 0.1) is 27.4 Å². The van der Waals surface area contributed by atoms with Crippen LogP contribution in [0.4, 0.5) is 4.79 Å². The highest BCUT2D eigenvalue weighted by Crippen LogP contribution is 2.35. The van der Waals surface area contributed by atoms with Gasteiger partial charge >= 0.3 is 12.0 Å². The van der Waals surface area contributed by atoms with E-state index in [1.807, 2.05) is 0 Å². The molecule has 1 heterocycles. The molecule has 0 radical (unpaired) electrons. The number of methoxy groups -OCH3 is 3. The van der Waals surface area contributed by atoms with Crippen molar-refractivity contribution < 1.29 is 23.8 Å². The molecule has 0 spiro atoms. The fraction of sp³-hybridized carbons (Fsp3) is 0.333. The van der Waals surface area contributed by atoms with Crippen molar-refractivity contribution in [3.63, 3.8) is 0 Å². The second-order valence-electron chi connectivity index (χ2n) is 4.69. The van der Waals surface area contributed by atoms with Crippen LogP contribution in [0.15, 0.2) is 29.5 Å². The zero-order chi connectivity index (χ0) is 16.3. The largest absolute Gasteiger partial charge is 0.497 e. The first-order chi connectivity index (χ1) is 10.5. The number of hydrogen-bond donors (Lipinski definition) is 2. The maximum Gasteiger partial charge on any atom is 0.354 e. The first kappa shape index (κ1) is 15.7. The fourth-order valence-corrected chi connectivity index (χ4v) is 2.31. The summed E-state index contributed by atoms with van der Waals surface area (Å²) >= 11 is 0. The highest BCUT2D eigenvalue weighted by atomic mass is 16.5. The maximum atomic E-state index is 11.8. The fourth-order valence-electron chi connectivity index (χ4n) is 2.31. The molecule has 7 heteroatoms. The Bertz CT molecular complexity index is 639. The molecule has 22 heavy (non-hydrogen) atoms. The van der Waals surface area contributed by atoms with Gasteiger partial charge in [-0.15, -0.1) is 0 Å². The number of ether oxygens (including phenoxy) is 3. The molecule has 2 amide bonds. The minimum absolute atomic E-state index is 0.133. The predicted octanol–water partition coefficient (Wildman–Crippen LogP) is 1.50. The van der Waals surface area contributed by atoms with Gasteiger partial charge in [-0.25, -0.2) is 9.59 Å². The molecule has 0 aromatic heterocycles. The topological polar surface area (TPSA) is 85.9 Å². The Kier molecular flexibility index (Phi) is 4.55. The molecule has 1 atom stereocenters. The van der Waals surface area contributed by atoms with Crippen molar-refractivity contribution in [3.05, 3.63) is 35.0 Å². The van der Waals surface area contributed by atoms with Crippen LogP contribution < -0.4 is 20.1 Å². The Morgan fingerprint density at radius 1 is 1.18 bits per heavy atom. The molecule has 0 fully saturated rings. The van der Waals surface area contributed by atoms with Crippen molar-refractivity contribution >= 4 is 12.0 Å². The Morgan fingerprint density at radius 3 is 2.50 bits per heavy atom. The molecule has 0 aliphatic carbocycles. The Hall–Kier alpha value is -2.70. The molecular formula is C15H18N2O5. The molecule has 2 rings (SSSR count). The Balaban J connectivity index is 2.50. The van der Waals surface area contributed by atoms with Crippen molar-refractivity contribution in [1.29, 1.82) is 0 Å². The van der Waals surface area contributed by atoms with Gasteiger partial charge in [0.25, 0.3) is 0 Å². The summed E-state index contributed by atoms with van der Waals surface area (Å²) in [4.78, 5) is 23.6. The third-order valence-electron chi connectivity index (χ3n) is 3.48. The lowest BCUT2D eigenvalue weighted by atomic mass is 9.95. The summed E-state index contributed by atoms with van der Waals surface area (Å²) in [5, 5.41) is 5.23. The molecule has 0 unspecified atom stereocenters. The van der Waals surface area contributed by atoms with E-state index in [0.29, 0.717) is 17.1 Å². The average Bonchev–Trinajstić information content (AvgIpc) is 2.55. The van der Waals surface area contributed by atoms with E-state index in [1.54, 1.807) is 32.2 Å². The highest BCUT2D eigenvalue weighted by Gasteiger charge is 2.31. The quantitative estimate of drug-likeness (QED) is 0.823. The number of hydrogen-bond acceptors (Lipinski definition) is 5. The van der Waals surface area contributed by atoms with Crippen LogP contribution in [-0.2, 0) is 9.53 Å². The van der Waals surface area contributed by atoms with Gasteiger partial charge in [-0.05, 0) is 24.6 Å². The third-order valence-corrected chi connectivity index (χ3v) is 3.48. The van der Waals surface area contributed by atoms with E-state index in [0.717, 1.165) is 5.56 Å². The number of urea groups is 1. The molecule has 0 saturated heterocycles. The van der Waals surface area contributed by atoms with Crippen LogP contribution in [0.25, 0.3) is 0 Å². The summed E-state index contributed by atoms with van der Waals surface area (Å²) in [7, 11) is 4.35. The van der Waals surface area contributed by atoms with Crippen LogP contribution in [-0.4, -0.2) is 33.3 Å². The van der Waals surface area contributed by atoms with Gasteiger partial charge in [-0.2, -0.15) is 0 Å². The van der Waals surface area contributed by atoms with E-state index in [4.69, 9.17) is 14.2 Å². The van der Waals surface area contributed by atoms with E-state index in [-0.39, 0.29) is 5.70 Å². The molecule has 1 aromatic carbocycles. The smallest absolute Gasteiger partial charge is 0.354 e. The van der Waals surface area contributed by atoms with Crippen LogP contribution in [0.3, 0.4) is 0 Å². The van der Waals surface area contributed by atoms with Gasteiger partial charge in [0.15, 0.2) is 0 Å². The number of carbonyl (C=O) groups is 2. The highest BCUT2D eigenvalue weighted by molar-refractivity contribution is 5.96. The van der Waals surface area contributed by atoms with Crippen molar-refractivity contribution in [2.45, 2.75) is 13.0 Å². The lowest BCUT2D eigenvalue weighted by Gasteiger charge is -2.28. The van der Waals surface area contributed by atoms with Gasteiger partial charge in [-0.1, -0.05) is 0 Å². The first-order valence-corrected chi connectivity index (χ1v) is 6.60. The summed E-state index contributed by atoms with van der Waals surface area (Å²) < 4.78 is 15.2. The molecular weight excluding hydrogens is 288 g/mol. The molecule has 2 N–H and O–H groups in total. The second kappa shape index (κ2) is 6.38. The van der Waals surface area contributed by atoms with E-state index in [2.05, 4.69) is 10.6 Å². The normalized spacial score (nSPS) is 17.5. The second-order valence-corrected chi connectivity index (χ2v) is 4.69. The average molecular weight is 306 g/mol. The predicted molar refractivity (Wildman–Crippen MR) is 78.7 cm³/mol.